The average molecular weight is 640 g/mol. The Morgan fingerprint density at radius 2 is 1.09 bits per heavy atom. The van der Waals surface area contributed by atoms with Crippen molar-refractivity contribution in [1.29, 1.82) is 0 Å². The summed E-state index contributed by atoms with van der Waals surface area (Å²) in [4.78, 5) is 42.8. The Balaban J connectivity index is 0.000000229. The minimum atomic E-state index is -0.564. The minimum absolute atomic E-state index is 0.0410. The van der Waals surface area contributed by atoms with Gasteiger partial charge in [0.25, 0.3) is 11.8 Å². The van der Waals surface area contributed by atoms with Crippen molar-refractivity contribution in [2.75, 3.05) is 0 Å². The molecule has 0 unspecified atom stereocenters. The summed E-state index contributed by atoms with van der Waals surface area (Å²) in [5.41, 5.74) is 6.41. The molecule has 2 amide bonds. The van der Waals surface area contributed by atoms with E-state index in [1.165, 1.54) is 17.5 Å². The number of carbonyl (C=O) groups excluding carboxylic acids is 3. The van der Waals surface area contributed by atoms with Gasteiger partial charge in [-0.05, 0) is 127 Å². The molecule has 3 aromatic rings. The quantitative estimate of drug-likeness (QED) is 0.119. The second-order valence-corrected chi connectivity index (χ2v) is 13.7. The minimum Gasteiger partial charge on any atom is -0.403 e. The van der Waals surface area contributed by atoms with Gasteiger partial charge in [-0.15, -0.1) is 0 Å². The molecule has 0 N–H and O–H groups in total. The van der Waals surface area contributed by atoms with Crippen molar-refractivity contribution in [2.24, 2.45) is 0 Å². The topological polar surface area (TPSA) is 82.1 Å². The number of hydroxylamine groups is 2. The molecule has 7 nitrogen and oxygen atoms in total. The molecule has 3 aromatic carbocycles. The number of benzene rings is 3. The smallest absolute Gasteiger partial charge is 0.403 e. The molecule has 2 heterocycles. The molecule has 2 aliphatic heterocycles. The molecule has 8 heteroatoms. The van der Waals surface area contributed by atoms with Crippen molar-refractivity contribution in [3.8, 4) is 0 Å². The van der Waals surface area contributed by atoms with Crippen LogP contribution in [0.4, 0.5) is 0 Å². The third kappa shape index (κ3) is 8.60. The fourth-order valence-corrected chi connectivity index (χ4v) is 5.98. The number of carbonyl (C=O) groups is 3. The van der Waals surface area contributed by atoms with E-state index in [0.29, 0.717) is 22.6 Å². The Kier molecular flexibility index (Phi) is 11.9. The standard InChI is InChI=1S/C23H25NO4.C16H25BO2/c1-14-15(2)17(4)21-20(16(14)3)22(26)24(23(21)27)28-19(25)13-9-8-12-18-10-6-5-7-11-18;1-15(2)16(3,4)19-17(18-15)13-9-8-12-14-10-6-5-7-11-14/h5-7,10-11H,8-9,12-13H2,1-4H3;5-7,10-11H,8-9,12-13H2,1-4H3. The van der Waals surface area contributed by atoms with Gasteiger partial charge < -0.3 is 14.1 Å². The van der Waals surface area contributed by atoms with Gasteiger partial charge in [-0.25, -0.2) is 4.79 Å². The van der Waals surface area contributed by atoms with E-state index in [1.807, 2.05) is 58.0 Å². The number of nitrogens with zero attached hydrogens (tertiary/aromatic N) is 1. The van der Waals surface area contributed by atoms with E-state index in [-0.39, 0.29) is 24.7 Å². The third-order valence-electron chi connectivity index (χ3n) is 9.92. The zero-order valence-electron chi connectivity index (χ0n) is 29.4. The maximum Gasteiger partial charge on any atom is 0.457 e. The first-order chi connectivity index (χ1) is 22.2. The summed E-state index contributed by atoms with van der Waals surface area (Å²) in [5, 5.41) is 0.628. The molecule has 250 valence electrons. The summed E-state index contributed by atoms with van der Waals surface area (Å²) in [7, 11) is -0.0410. The molecular formula is C39H50BNO6. The van der Waals surface area contributed by atoms with Crippen LogP contribution >= 0.6 is 0 Å². The first-order valence-electron chi connectivity index (χ1n) is 16.9. The monoisotopic (exact) mass is 639 g/mol. The number of aryl methyl sites for hydroxylation is 2. The van der Waals surface area contributed by atoms with Crippen LogP contribution in [-0.2, 0) is 31.8 Å². The lowest BCUT2D eigenvalue weighted by atomic mass is 9.82. The molecular weight excluding hydrogens is 589 g/mol. The number of amides is 2. The van der Waals surface area contributed by atoms with E-state index in [0.717, 1.165) is 54.3 Å². The van der Waals surface area contributed by atoms with Gasteiger partial charge >= 0.3 is 13.1 Å². The predicted octanol–water partition coefficient (Wildman–Crippen LogP) is 8.49. The highest BCUT2D eigenvalue weighted by atomic mass is 16.7. The fourth-order valence-electron chi connectivity index (χ4n) is 5.98. The molecule has 5 rings (SSSR count). The number of imide groups is 1. The molecule has 0 saturated carbocycles. The van der Waals surface area contributed by atoms with Crippen molar-refractivity contribution in [2.45, 2.75) is 118 Å². The number of unbranched alkanes of at least 4 members (excludes halogenated alkanes) is 2. The lowest BCUT2D eigenvalue weighted by Gasteiger charge is -2.32. The lowest BCUT2D eigenvalue weighted by Crippen LogP contribution is -2.41. The summed E-state index contributed by atoms with van der Waals surface area (Å²) in [6, 6.07) is 20.7. The van der Waals surface area contributed by atoms with Crippen molar-refractivity contribution in [3.05, 3.63) is 105 Å². The molecule has 1 saturated heterocycles. The highest BCUT2D eigenvalue weighted by Crippen LogP contribution is 2.38. The van der Waals surface area contributed by atoms with Gasteiger partial charge in [0.2, 0.25) is 0 Å². The van der Waals surface area contributed by atoms with Gasteiger partial charge in [0.1, 0.15) is 0 Å². The second-order valence-electron chi connectivity index (χ2n) is 13.7. The molecule has 2 aliphatic rings. The first kappa shape index (κ1) is 36.1. The average Bonchev–Trinajstić information content (AvgIpc) is 3.41. The zero-order chi connectivity index (χ0) is 34.4. The van der Waals surface area contributed by atoms with Crippen molar-refractivity contribution in [1.82, 2.24) is 5.06 Å². The Bertz CT molecular complexity index is 1500. The molecule has 0 aromatic heterocycles. The van der Waals surface area contributed by atoms with E-state index < -0.39 is 17.8 Å². The molecule has 0 spiro atoms. The van der Waals surface area contributed by atoms with Crippen molar-refractivity contribution < 1.29 is 28.5 Å². The SMILES string of the molecule is CC1(C)OB(CCCCc2ccccc2)OC1(C)C.Cc1c(C)c(C)c2c(c1C)C(=O)N(OC(=O)CCCCc1ccccc1)C2=O. The zero-order valence-corrected chi connectivity index (χ0v) is 29.4. The fraction of sp³-hybridized carbons (Fsp3) is 0.462. The highest BCUT2D eigenvalue weighted by molar-refractivity contribution is 6.45. The maximum absolute atomic E-state index is 12.7. The van der Waals surface area contributed by atoms with Crippen LogP contribution in [0.25, 0.3) is 0 Å². The highest BCUT2D eigenvalue weighted by Gasteiger charge is 2.50. The number of hydrogen-bond acceptors (Lipinski definition) is 6. The summed E-state index contributed by atoms with van der Waals surface area (Å²) < 4.78 is 12.0. The number of rotatable bonds is 11. The number of hydrogen-bond donors (Lipinski definition) is 0. The van der Waals surface area contributed by atoms with Crippen LogP contribution in [0.5, 0.6) is 0 Å². The largest absolute Gasteiger partial charge is 0.457 e. The van der Waals surface area contributed by atoms with Crippen LogP contribution < -0.4 is 0 Å². The van der Waals surface area contributed by atoms with E-state index in [1.54, 1.807) is 0 Å². The molecule has 0 radical (unpaired) electrons. The molecule has 1 fully saturated rings. The van der Waals surface area contributed by atoms with Crippen LogP contribution in [0.3, 0.4) is 0 Å². The van der Waals surface area contributed by atoms with Crippen molar-refractivity contribution >= 4 is 24.9 Å². The van der Waals surface area contributed by atoms with E-state index >= 15 is 0 Å². The predicted molar refractivity (Wildman–Crippen MR) is 186 cm³/mol. The van der Waals surface area contributed by atoms with E-state index in [2.05, 4.69) is 58.0 Å². The summed E-state index contributed by atoms with van der Waals surface area (Å²) >= 11 is 0. The third-order valence-corrected chi connectivity index (χ3v) is 9.92. The van der Waals surface area contributed by atoms with Gasteiger partial charge in [0.15, 0.2) is 0 Å². The Hall–Kier alpha value is -3.75. The molecule has 0 bridgehead atoms. The van der Waals surface area contributed by atoms with Crippen LogP contribution in [0.2, 0.25) is 6.32 Å². The van der Waals surface area contributed by atoms with Gasteiger partial charge in [-0.1, -0.05) is 72.1 Å². The number of fused-ring (bicyclic) bond motifs is 1. The van der Waals surface area contributed by atoms with E-state index in [4.69, 9.17) is 14.1 Å². The Morgan fingerprint density at radius 1 is 0.660 bits per heavy atom. The Morgan fingerprint density at radius 3 is 1.53 bits per heavy atom. The first-order valence-corrected chi connectivity index (χ1v) is 16.9. The lowest BCUT2D eigenvalue weighted by molar-refractivity contribution is -0.168. The second kappa shape index (κ2) is 15.4. The van der Waals surface area contributed by atoms with E-state index in [9.17, 15) is 14.4 Å². The summed E-state index contributed by atoms with van der Waals surface area (Å²) in [5.74, 6) is -1.67. The summed E-state index contributed by atoms with van der Waals surface area (Å²) in [6.07, 6.45) is 6.96. The van der Waals surface area contributed by atoms with Crippen LogP contribution in [0, 0.1) is 27.7 Å². The van der Waals surface area contributed by atoms with Gasteiger partial charge in [-0.2, -0.15) is 0 Å². The maximum atomic E-state index is 12.7. The van der Waals surface area contributed by atoms with Gasteiger partial charge in [0.05, 0.1) is 22.3 Å². The van der Waals surface area contributed by atoms with Crippen LogP contribution in [0.15, 0.2) is 60.7 Å². The van der Waals surface area contributed by atoms with Gasteiger partial charge in [-0.3, -0.25) is 9.59 Å². The normalized spacial score (nSPS) is 16.2. The molecule has 0 atom stereocenters. The van der Waals surface area contributed by atoms with Crippen LogP contribution in [0.1, 0.15) is 114 Å². The Labute approximate surface area is 281 Å². The molecule has 47 heavy (non-hydrogen) atoms. The van der Waals surface area contributed by atoms with Gasteiger partial charge in [0, 0.05) is 6.42 Å². The molecule has 0 aliphatic carbocycles. The summed E-state index contributed by atoms with van der Waals surface area (Å²) in [6.45, 7) is 15.9. The van der Waals surface area contributed by atoms with Crippen LogP contribution in [-0.4, -0.2) is 41.2 Å². The van der Waals surface area contributed by atoms with Crippen molar-refractivity contribution in [3.63, 3.8) is 0 Å².